The Labute approximate surface area is 107 Å². The van der Waals surface area contributed by atoms with Crippen LogP contribution in [0, 0.1) is 11.6 Å². The van der Waals surface area contributed by atoms with Gasteiger partial charge in [0.1, 0.15) is 34.9 Å². The van der Waals surface area contributed by atoms with Gasteiger partial charge in [-0.2, -0.15) is 0 Å². The van der Waals surface area contributed by atoms with E-state index >= 15 is 0 Å². The molecule has 0 spiro atoms. The molecule has 0 fully saturated rings. The summed E-state index contributed by atoms with van der Waals surface area (Å²) in [6.07, 6.45) is 1.33. The number of benzene rings is 1. The van der Waals surface area contributed by atoms with Crippen LogP contribution in [0.2, 0.25) is 0 Å². The Balaban J connectivity index is 2.15. The highest BCUT2D eigenvalue weighted by Gasteiger charge is 2.19. The van der Waals surface area contributed by atoms with Gasteiger partial charge < -0.3 is 14.6 Å². The van der Waals surface area contributed by atoms with Crippen molar-refractivity contribution >= 4 is 5.91 Å². The minimum Gasteiger partial charge on any atom is -0.497 e. The highest BCUT2D eigenvalue weighted by molar-refractivity contribution is 5.94. The number of amides is 1. The number of hydrogen-bond acceptors (Lipinski definition) is 4. The predicted molar refractivity (Wildman–Crippen MR) is 60.6 cm³/mol. The van der Waals surface area contributed by atoms with Crippen molar-refractivity contribution < 1.29 is 22.8 Å². The maximum absolute atomic E-state index is 13.6. The Hall–Kier alpha value is -2.44. The molecule has 100 valence electrons. The van der Waals surface area contributed by atoms with E-state index in [4.69, 9.17) is 4.74 Å². The Morgan fingerprint density at radius 3 is 2.63 bits per heavy atom. The molecule has 0 aliphatic heterocycles. The van der Waals surface area contributed by atoms with Crippen molar-refractivity contribution in [1.82, 2.24) is 10.5 Å². The molecule has 1 aromatic heterocycles. The first-order chi connectivity index (χ1) is 9.11. The molecule has 0 aliphatic carbocycles. The molecule has 7 heteroatoms. The second-order valence-electron chi connectivity index (χ2n) is 3.64. The lowest BCUT2D eigenvalue weighted by atomic mass is 10.1. The van der Waals surface area contributed by atoms with E-state index in [-0.39, 0.29) is 12.3 Å². The molecule has 5 nitrogen and oxygen atoms in total. The van der Waals surface area contributed by atoms with Gasteiger partial charge in [0.15, 0.2) is 0 Å². The van der Waals surface area contributed by atoms with Crippen LogP contribution in [0.5, 0.6) is 5.75 Å². The van der Waals surface area contributed by atoms with Crippen molar-refractivity contribution in [1.29, 1.82) is 0 Å². The van der Waals surface area contributed by atoms with Gasteiger partial charge in [0.25, 0.3) is 5.91 Å². The number of nitrogens with zero attached hydrogens (tertiary/aromatic N) is 1. The third-order valence-corrected chi connectivity index (χ3v) is 2.40. The Bertz CT molecular complexity index is 562. The van der Waals surface area contributed by atoms with Crippen LogP contribution in [0.25, 0.3) is 0 Å². The first kappa shape index (κ1) is 13.0. The first-order valence-corrected chi connectivity index (χ1v) is 5.32. The molecule has 0 radical (unpaired) electrons. The summed E-state index contributed by atoms with van der Waals surface area (Å²) < 4.78 is 36.5. The van der Waals surface area contributed by atoms with Crippen LogP contribution in [-0.4, -0.2) is 18.2 Å². The summed E-state index contributed by atoms with van der Waals surface area (Å²) in [5, 5.41) is 5.90. The fraction of sp³-hybridized carbons (Fsp3) is 0.167. The van der Waals surface area contributed by atoms with Crippen LogP contribution in [0.15, 0.2) is 29.0 Å². The summed E-state index contributed by atoms with van der Waals surface area (Å²) in [6, 6.07) is 3.41. The van der Waals surface area contributed by atoms with Crippen molar-refractivity contribution in [3.63, 3.8) is 0 Å². The molecule has 2 rings (SSSR count). The SMILES string of the molecule is COc1cc(F)c(C(=O)NCc2ccon2)c(F)c1. The standard InChI is InChI=1S/C12H10F2N2O3/c1-18-8-4-9(13)11(10(14)5-8)12(17)15-6-7-2-3-19-16-7/h2-5H,6H2,1H3,(H,15,17). The molecular weight excluding hydrogens is 258 g/mol. The van der Waals surface area contributed by atoms with Crippen LogP contribution in [0.1, 0.15) is 16.1 Å². The average Bonchev–Trinajstić information content (AvgIpc) is 2.88. The number of aromatic nitrogens is 1. The van der Waals surface area contributed by atoms with Crippen molar-refractivity contribution in [2.45, 2.75) is 6.54 Å². The van der Waals surface area contributed by atoms with E-state index in [2.05, 4.69) is 15.0 Å². The van der Waals surface area contributed by atoms with Gasteiger partial charge in [0.2, 0.25) is 0 Å². The lowest BCUT2D eigenvalue weighted by molar-refractivity contribution is 0.0941. The van der Waals surface area contributed by atoms with Crippen LogP contribution >= 0.6 is 0 Å². The average molecular weight is 268 g/mol. The number of halogens is 2. The predicted octanol–water partition coefficient (Wildman–Crippen LogP) is 1.89. The Kier molecular flexibility index (Phi) is 3.74. The molecule has 0 saturated carbocycles. The van der Waals surface area contributed by atoms with Gasteiger partial charge in [-0.25, -0.2) is 8.78 Å². The normalized spacial score (nSPS) is 10.3. The maximum atomic E-state index is 13.6. The monoisotopic (exact) mass is 268 g/mol. The van der Waals surface area contributed by atoms with Crippen molar-refractivity contribution in [2.75, 3.05) is 7.11 Å². The largest absolute Gasteiger partial charge is 0.497 e. The fourth-order valence-corrected chi connectivity index (χ4v) is 1.47. The van der Waals surface area contributed by atoms with Gasteiger partial charge in [-0.05, 0) is 0 Å². The molecule has 0 bridgehead atoms. The molecule has 1 amide bonds. The molecule has 1 aromatic carbocycles. The number of methoxy groups -OCH3 is 1. The van der Waals surface area contributed by atoms with Crippen molar-refractivity contribution in [2.24, 2.45) is 0 Å². The second kappa shape index (κ2) is 5.47. The highest BCUT2D eigenvalue weighted by Crippen LogP contribution is 2.20. The van der Waals surface area contributed by atoms with E-state index in [0.29, 0.717) is 5.69 Å². The Morgan fingerprint density at radius 2 is 2.11 bits per heavy atom. The number of rotatable bonds is 4. The molecule has 19 heavy (non-hydrogen) atoms. The highest BCUT2D eigenvalue weighted by atomic mass is 19.1. The van der Waals surface area contributed by atoms with Crippen molar-refractivity contribution in [3.8, 4) is 5.75 Å². The quantitative estimate of drug-likeness (QED) is 0.919. The molecule has 0 aliphatic rings. The first-order valence-electron chi connectivity index (χ1n) is 5.32. The Morgan fingerprint density at radius 1 is 1.42 bits per heavy atom. The molecule has 1 heterocycles. The second-order valence-corrected chi connectivity index (χ2v) is 3.64. The minimum atomic E-state index is -0.991. The molecule has 0 atom stereocenters. The molecular formula is C12H10F2N2O3. The summed E-state index contributed by atoms with van der Waals surface area (Å²) in [6.45, 7) is 0.0141. The number of nitrogens with one attached hydrogen (secondary N) is 1. The zero-order valence-corrected chi connectivity index (χ0v) is 9.94. The van der Waals surface area contributed by atoms with E-state index in [0.717, 1.165) is 12.1 Å². The van der Waals surface area contributed by atoms with E-state index in [1.807, 2.05) is 0 Å². The van der Waals surface area contributed by atoms with Crippen molar-refractivity contribution in [3.05, 3.63) is 47.4 Å². The smallest absolute Gasteiger partial charge is 0.257 e. The molecule has 2 aromatic rings. The molecule has 1 N–H and O–H groups in total. The van der Waals surface area contributed by atoms with E-state index in [1.54, 1.807) is 0 Å². The number of carbonyl (C=O) groups is 1. The third-order valence-electron chi connectivity index (χ3n) is 2.40. The third kappa shape index (κ3) is 2.87. The summed E-state index contributed by atoms with van der Waals surface area (Å²) in [5.74, 6) is -2.85. The topological polar surface area (TPSA) is 64.4 Å². The van der Waals surface area contributed by atoms with Gasteiger partial charge in [-0.3, -0.25) is 4.79 Å². The van der Waals surface area contributed by atoms with Gasteiger partial charge in [0.05, 0.1) is 13.7 Å². The van der Waals surface area contributed by atoms with Crippen LogP contribution in [-0.2, 0) is 6.54 Å². The zero-order chi connectivity index (χ0) is 13.8. The number of hydrogen-bond donors (Lipinski definition) is 1. The van der Waals surface area contributed by atoms with E-state index in [1.165, 1.54) is 19.4 Å². The summed E-state index contributed by atoms with van der Waals surface area (Å²) >= 11 is 0. The summed E-state index contributed by atoms with van der Waals surface area (Å²) in [4.78, 5) is 11.7. The van der Waals surface area contributed by atoms with Gasteiger partial charge in [-0.1, -0.05) is 5.16 Å². The van der Waals surface area contributed by atoms with E-state index < -0.39 is 23.1 Å². The lowest BCUT2D eigenvalue weighted by Crippen LogP contribution is -2.25. The van der Waals surface area contributed by atoms with Gasteiger partial charge >= 0.3 is 0 Å². The van der Waals surface area contributed by atoms with Crippen LogP contribution in [0.4, 0.5) is 8.78 Å². The van der Waals surface area contributed by atoms with Gasteiger partial charge in [0, 0.05) is 18.2 Å². The number of carbonyl (C=O) groups excluding carboxylic acids is 1. The number of ether oxygens (including phenoxy) is 1. The molecule has 0 unspecified atom stereocenters. The van der Waals surface area contributed by atoms with Crippen LogP contribution in [0.3, 0.4) is 0 Å². The van der Waals surface area contributed by atoms with Gasteiger partial charge in [-0.15, -0.1) is 0 Å². The van der Waals surface area contributed by atoms with E-state index in [9.17, 15) is 13.6 Å². The maximum Gasteiger partial charge on any atom is 0.257 e. The zero-order valence-electron chi connectivity index (χ0n) is 9.94. The minimum absolute atomic E-state index is 0.00283. The van der Waals surface area contributed by atoms with Crippen LogP contribution < -0.4 is 10.1 Å². The summed E-state index contributed by atoms with van der Waals surface area (Å²) in [5.41, 5.74) is -0.216. The fourth-order valence-electron chi connectivity index (χ4n) is 1.47. The molecule has 0 saturated heterocycles. The lowest BCUT2D eigenvalue weighted by Gasteiger charge is -2.07. The summed E-state index contributed by atoms with van der Waals surface area (Å²) in [7, 11) is 1.28.